The second-order valence-corrected chi connectivity index (χ2v) is 17.7. The molecule has 23 atom stereocenters. The van der Waals surface area contributed by atoms with E-state index in [0.717, 1.165) is 0 Å². The molecule has 320 valence electrons. The maximum atomic E-state index is 13.7. The molecular weight excluding hydrogens is 720 g/mol. The molecule has 5 aliphatic rings. The smallest absolute Gasteiger partial charge is 0.313 e. The molecule has 6 N–H and O–H groups in total. The van der Waals surface area contributed by atoms with Crippen LogP contribution in [0, 0.1) is 35.5 Å². The Balaban J connectivity index is 1.17. The second kappa shape index (κ2) is 17.7. The monoisotopic (exact) mass is 790 g/mol. The van der Waals surface area contributed by atoms with Gasteiger partial charge in [-0.25, -0.2) is 0 Å². The van der Waals surface area contributed by atoms with Crippen LogP contribution in [-0.2, 0) is 42.7 Å². The van der Waals surface area contributed by atoms with Crippen molar-refractivity contribution in [2.24, 2.45) is 35.5 Å². The third-order valence-corrected chi connectivity index (χ3v) is 13.6. The first-order chi connectivity index (χ1) is 25.6. The Morgan fingerprint density at radius 1 is 0.782 bits per heavy atom. The van der Waals surface area contributed by atoms with Crippen molar-refractivity contribution in [2.45, 2.75) is 212 Å². The molecule has 0 aromatic rings. The number of hydrogen-bond donors (Lipinski definition) is 6. The predicted molar refractivity (Wildman–Crippen MR) is 196 cm³/mol. The maximum Gasteiger partial charge on any atom is 0.313 e. The first kappa shape index (κ1) is 45.0. The molecule has 0 aromatic heterocycles. The van der Waals surface area contributed by atoms with Crippen LogP contribution in [0.3, 0.4) is 0 Å². The van der Waals surface area contributed by atoms with Gasteiger partial charge in [0.15, 0.2) is 18.4 Å². The minimum atomic E-state index is -1.43. The molecular formula is C40H70O15. The van der Waals surface area contributed by atoms with Crippen molar-refractivity contribution >= 4 is 5.97 Å². The quantitative estimate of drug-likeness (QED) is 0.176. The van der Waals surface area contributed by atoms with Crippen molar-refractivity contribution in [3.8, 4) is 0 Å². The minimum Gasteiger partial charge on any atom is -0.435 e. The Labute approximate surface area is 326 Å². The lowest BCUT2D eigenvalue weighted by atomic mass is 9.68. The maximum absolute atomic E-state index is 13.7. The number of ether oxygens (including phenoxy) is 8. The number of esters is 1. The Morgan fingerprint density at radius 3 is 1.91 bits per heavy atom. The van der Waals surface area contributed by atoms with E-state index in [2.05, 4.69) is 0 Å². The first-order valence-electron chi connectivity index (χ1n) is 20.6. The van der Waals surface area contributed by atoms with Crippen LogP contribution in [0.4, 0.5) is 0 Å². The van der Waals surface area contributed by atoms with E-state index in [1.807, 2.05) is 48.5 Å². The minimum absolute atomic E-state index is 0.0430. The van der Waals surface area contributed by atoms with E-state index in [1.165, 1.54) is 0 Å². The van der Waals surface area contributed by atoms with Gasteiger partial charge in [0.25, 0.3) is 0 Å². The molecule has 15 nitrogen and oxygen atoms in total. The number of hydrogen-bond acceptors (Lipinski definition) is 15. The largest absolute Gasteiger partial charge is 0.435 e. The zero-order chi connectivity index (χ0) is 40.9. The summed E-state index contributed by atoms with van der Waals surface area (Å²) in [7, 11) is 0. The molecule has 0 radical (unpaired) electrons. The summed E-state index contributed by atoms with van der Waals surface area (Å²) in [5.41, 5.74) is -1.34. The van der Waals surface area contributed by atoms with Crippen LogP contribution in [0.1, 0.15) is 108 Å². The number of aliphatic hydroxyl groups is 6. The number of carbonyl (C=O) groups is 1. The molecule has 1 spiro atoms. The van der Waals surface area contributed by atoms with E-state index in [0.29, 0.717) is 19.3 Å². The lowest BCUT2D eigenvalue weighted by Gasteiger charge is -2.60. The third kappa shape index (κ3) is 9.09. The predicted octanol–water partition coefficient (Wildman–Crippen LogP) is 2.37. The van der Waals surface area contributed by atoms with Gasteiger partial charge in [-0.1, -0.05) is 41.5 Å². The molecule has 5 aliphatic heterocycles. The molecule has 5 heterocycles. The van der Waals surface area contributed by atoms with Gasteiger partial charge in [-0.3, -0.25) is 4.79 Å². The van der Waals surface area contributed by atoms with E-state index < -0.39 is 127 Å². The van der Waals surface area contributed by atoms with Crippen LogP contribution in [0.2, 0.25) is 0 Å². The van der Waals surface area contributed by atoms with Gasteiger partial charge >= 0.3 is 5.97 Å². The topological polar surface area (TPSA) is 212 Å². The van der Waals surface area contributed by atoms with Crippen LogP contribution in [0.15, 0.2) is 0 Å². The number of aliphatic hydroxyl groups excluding tert-OH is 5. The van der Waals surface area contributed by atoms with Crippen molar-refractivity contribution in [1.29, 1.82) is 0 Å². The zero-order valence-electron chi connectivity index (χ0n) is 34.5. The van der Waals surface area contributed by atoms with Crippen LogP contribution in [-0.4, -0.2) is 140 Å². The Kier molecular flexibility index (Phi) is 14.5. The van der Waals surface area contributed by atoms with E-state index in [1.54, 1.807) is 27.7 Å². The molecule has 5 fully saturated rings. The lowest BCUT2D eigenvalue weighted by Crippen LogP contribution is -2.70. The van der Waals surface area contributed by atoms with E-state index in [-0.39, 0.29) is 30.8 Å². The Morgan fingerprint density at radius 2 is 1.35 bits per heavy atom. The van der Waals surface area contributed by atoms with Gasteiger partial charge in [-0.2, -0.15) is 0 Å². The number of carbonyl (C=O) groups excluding carboxylic acids is 1. The lowest BCUT2D eigenvalue weighted by molar-refractivity contribution is -0.410. The normalized spacial score (nSPS) is 51.3. The Bertz CT molecular complexity index is 1250. The molecule has 0 aromatic carbocycles. The average Bonchev–Trinajstić information content (AvgIpc) is 3.12. The highest BCUT2D eigenvalue weighted by Gasteiger charge is 2.62. The Hall–Kier alpha value is -1.05. The van der Waals surface area contributed by atoms with E-state index in [9.17, 15) is 35.4 Å². The van der Waals surface area contributed by atoms with Gasteiger partial charge in [0.05, 0.1) is 72.6 Å². The summed E-state index contributed by atoms with van der Waals surface area (Å²) in [6, 6.07) is 0. The molecule has 5 rings (SSSR count). The molecule has 0 bridgehead atoms. The standard InChI is InChI=1S/C40H70O15/c1-12-26(41)17(2)34-18(3)32(43)21(6)40(54-34)22(7)33(44)19(4)35(55-40)20(5)38(46)53-30-15-27(42)36(24(9)49-30)52-29-14-13-28(23(8)48-29)51-31-16-39(11,47)37(45)25(10)50-31/h17-37,41-45,47H,12-16H2,1-11H3/t17-,18+,19+,20+,21-,22+,23+,24-,25+,26-,27+,28+,29+,30+,31-,32-,33-,34+,35+,36+,37+,39+,40-/m1/s1. The van der Waals surface area contributed by atoms with Gasteiger partial charge < -0.3 is 68.5 Å². The summed E-state index contributed by atoms with van der Waals surface area (Å²) in [5.74, 6) is -5.19. The molecule has 0 amide bonds. The van der Waals surface area contributed by atoms with Crippen LogP contribution in [0.5, 0.6) is 0 Å². The highest BCUT2D eigenvalue weighted by Crippen LogP contribution is 2.52. The summed E-state index contributed by atoms with van der Waals surface area (Å²) in [4.78, 5) is 13.7. The zero-order valence-corrected chi connectivity index (χ0v) is 34.5. The SMILES string of the molecule is CC[C@@H](O)[C@@H](C)[C@@H]1O[C@@]2(O[C@H]([C@H](C)C(=O)O[C@H]3C[C@H](O)[C@@H](O[C@H]4CC[C@H](O[C@@H]5C[C@](C)(O)[C@@H](O)[C@H](C)O5)[C@H](C)O4)[C@@H](C)O3)[C@@H](C)[C@@H](O)[C@@H]2C)[C@H](C)[C@H](O)[C@@H]1C. The summed E-state index contributed by atoms with van der Waals surface area (Å²) in [6.45, 7) is 19.6. The molecule has 5 saturated heterocycles. The van der Waals surface area contributed by atoms with Crippen molar-refractivity contribution < 1.29 is 73.3 Å². The highest BCUT2D eigenvalue weighted by atomic mass is 16.7. The van der Waals surface area contributed by atoms with Crippen LogP contribution < -0.4 is 0 Å². The van der Waals surface area contributed by atoms with Gasteiger partial charge in [-0.15, -0.1) is 0 Å². The van der Waals surface area contributed by atoms with Crippen LogP contribution in [0.25, 0.3) is 0 Å². The number of rotatable bonds is 10. The van der Waals surface area contributed by atoms with Crippen molar-refractivity contribution in [2.75, 3.05) is 0 Å². The molecule has 55 heavy (non-hydrogen) atoms. The average molecular weight is 791 g/mol. The van der Waals surface area contributed by atoms with Crippen molar-refractivity contribution in [1.82, 2.24) is 0 Å². The fraction of sp³-hybridized carbons (Fsp3) is 0.975. The first-order valence-corrected chi connectivity index (χ1v) is 20.6. The van der Waals surface area contributed by atoms with E-state index in [4.69, 9.17) is 37.9 Å². The summed E-state index contributed by atoms with van der Waals surface area (Å²) >= 11 is 0. The fourth-order valence-corrected chi connectivity index (χ4v) is 9.67. The molecule has 0 saturated carbocycles. The molecule has 0 unspecified atom stereocenters. The van der Waals surface area contributed by atoms with E-state index >= 15 is 0 Å². The summed E-state index contributed by atoms with van der Waals surface area (Å²) in [6.07, 6.45) is -9.48. The molecule has 0 aliphatic carbocycles. The fourth-order valence-electron chi connectivity index (χ4n) is 9.67. The van der Waals surface area contributed by atoms with Crippen molar-refractivity contribution in [3.63, 3.8) is 0 Å². The van der Waals surface area contributed by atoms with Crippen LogP contribution >= 0.6 is 0 Å². The van der Waals surface area contributed by atoms with Gasteiger partial charge in [-0.05, 0) is 47.5 Å². The second-order valence-electron chi connectivity index (χ2n) is 17.7. The third-order valence-electron chi connectivity index (χ3n) is 13.6. The highest BCUT2D eigenvalue weighted by molar-refractivity contribution is 5.73. The summed E-state index contributed by atoms with van der Waals surface area (Å²) < 4.78 is 49.6. The van der Waals surface area contributed by atoms with Gasteiger partial charge in [0.1, 0.15) is 12.2 Å². The van der Waals surface area contributed by atoms with Crippen molar-refractivity contribution in [3.05, 3.63) is 0 Å². The van der Waals surface area contributed by atoms with Gasteiger partial charge in [0.2, 0.25) is 6.29 Å². The molecule has 15 heteroatoms. The van der Waals surface area contributed by atoms with Gasteiger partial charge in [0, 0.05) is 48.9 Å². The summed E-state index contributed by atoms with van der Waals surface area (Å²) in [5, 5.41) is 65.7.